The van der Waals surface area contributed by atoms with E-state index in [1.54, 1.807) is 6.07 Å². The van der Waals surface area contributed by atoms with Crippen LogP contribution in [0.4, 0.5) is 5.69 Å². The summed E-state index contributed by atoms with van der Waals surface area (Å²) in [5, 5.41) is 5.10. The predicted molar refractivity (Wildman–Crippen MR) is 85.7 cm³/mol. The van der Waals surface area contributed by atoms with Crippen molar-refractivity contribution in [3.05, 3.63) is 18.2 Å². The van der Waals surface area contributed by atoms with Crippen molar-refractivity contribution in [3.8, 4) is 5.75 Å². The first-order chi connectivity index (χ1) is 9.95. The Morgan fingerprint density at radius 3 is 2.29 bits per heavy atom. The van der Waals surface area contributed by atoms with E-state index in [1.165, 1.54) is 44.2 Å². The van der Waals surface area contributed by atoms with Crippen LogP contribution in [0.25, 0.3) is 0 Å². The van der Waals surface area contributed by atoms with E-state index in [4.69, 9.17) is 15.6 Å². The Hall–Kier alpha value is -1.27. The average Bonchev–Trinajstić information content (AvgIpc) is 2.42. The van der Waals surface area contributed by atoms with Crippen molar-refractivity contribution in [1.82, 2.24) is 0 Å². The van der Waals surface area contributed by atoms with Gasteiger partial charge in [0.05, 0.1) is 12.3 Å². The van der Waals surface area contributed by atoms with Gasteiger partial charge in [0.15, 0.2) is 0 Å². The molecule has 120 valence electrons. The molecular formula is C15H26N2O3S. The molecule has 0 saturated carbocycles. The van der Waals surface area contributed by atoms with Gasteiger partial charge in [-0.3, -0.25) is 0 Å². The second-order valence-electron chi connectivity index (χ2n) is 5.21. The molecule has 21 heavy (non-hydrogen) atoms. The van der Waals surface area contributed by atoms with Crippen molar-refractivity contribution in [2.24, 2.45) is 5.14 Å². The van der Waals surface area contributed by atoms with Gasteiger partial charge in [-0.15, -0.1) is 0 Å². The van der Waals surface area contributed by atoms with Crippen LogP contribution in [-0.4, -0.2) is 15.0 Å². The normalized spacial score (nSPS) is 11.5. The molecular weight excluding hydrogens is 288 g/mol. The third-order valence-electron chi connectivity index (χ3n) is 3.31. The fraction of sp³-hybridized carbons (Fsp3) is 0.600. The Kier molecular flexibility index (Phi) is 7.53. The smallest absolute Gasteiger partial charge is 0.240 e. The fourth-order valence-electron chi connectivity index (χ4n) is 2.10. The molecule has 0 unspecified atom stereocenters. The Bertz CT molecular complexity index is 530. The SMILES string of the molecule is CCCCCCCCCOc1ccc(N)c(S(N)(=O)=O)c1. The van der Waals surface area contributed by atoms with Crippen LogP contribution in [-0.2, 0) is 10.0 Å². The third kappa shape index (κ3) is 6.82. The summed E-state index contributed by atoms with van der Waals surface area (Å²) < 4.78 is 28.2. The highest BCUT2D eigenvalue weighted by Gasteiger charge is 2.13. The lowest BCUT2D eigenvalue weighted by Gasteiger charge is -2.09. The summed E-state index contributed by atoms with van der Waals surface area (Å²) in [6.07, 6.45) is 8.43. The molecule has 1 aromatic rings. The third-order valence-corrected chi connectivity index (χ3v) is 4.27. The van der Waals surface area contributed by atoms with Gasteiger partial charge in [0.2, 0.25) is 10.0 Å². The van der Waals surface area contributed by atoms with Crippen LogP contribution in [0.15, 0.2) is 23.1 Å². The Morgan fingerprint density at radius 1 is 1.05 bits per heavy atom. The van der Waals surface area contributed by atoms with Crippen LogP contribution in [0.3, 0.4) is 0 Å². The van der Waals surface area contributed by atoms with Crippen molar-refractivity contribution in [1.29, 1.82) is 0 Å². The van der Waals surface area contributed by atoms with Gasteiger partial charge in [0.1, 0.15) is 10.6 Å². The minimum Gasteiger partial charge on any atom is -0.494 e. The number of anilines is 1. The van der Waals surface area contributed by atoms with E-state index >= 15 is 0 Å². The number of benzene rings is 1. The van der Waals surface area contributed by atoms with Crippen LogP contribution < -0.4 is 15.6 Å². The molecule has 0 heterocycles. The van der Waals surface area contributed by atoms with Gasteiger partial charge in [-0.2, -0.15) is 0 Å². The van der Waals surface area contributed by atoms with Gasteiger partial charge in [-0.05, 0) is 18.6 Å². The second kappa shape index (κ2) is 8.89. The summed E-state index contributed by atoms with van der Waals surface area (Å²) in [5.74, 6) is 0.485. The van der Waals surface area contributed by atoms with E-state index in [1.807, 2.05) is 0 Å². The van der Waals surface area contributed by atoms with E-state index in [0.29, 0.717) is 12.4 Å². The molecule has 1 aromatic carbocycles. The first-order valence-electron chi connectivity index (χ1n) is 7.50. The molecule has 0 aromatic heterocycles. The van der Waals surface area contributed by atoms with Gasteiger partial charge in [-0.25, -0.2) is 13.6 Å². The van der Waals surface area contributed by atoms with Gasteiger partial charge < -0.3 is 10.5 Å². The Balaban J connectivity index is 2.33. The number of nitrogen functional groups attached to an aromatic ring is 1. The largest absolute Gasteiger partial charge is 0.494 e. The summed E-state index contributed by atoms with van der Waals surface area (Å²) in [5.41, 5.74) is 5.73. The van der Waals surface area contributed by atoms with Crippen LogP contribution in [0, 0.1) is 0 Å². The van der Waals surface area contributed by atoms with E-state index < -0.39 is 10.0 Å². The standard InChI is InChI=1S/C15H26N2O3S/c1-2-3-4-5-6-7-8-11-20-13-9-10-14(16)15(12-13)21(17,18)19/h9-10,12H,2-8,11,16H2,1H3,(H2,17,18,19). The van der Waals surface area contributed by atoms with Crippen molar-refractivity contribution in [2.45, 2.75) is 56.8 Å². The number of primary sulfonamides is 1. The molecule has 0 aliphatic heterocycles. The van der Waals surface area contributed by atoms with Crippen LogP contribution in [0.1, 0.15) is 51.9 Å². The maximum absolute atomic E-state index is 11.3. The molecule has 0 bridgehead atoms. The maximum Gasteiger partial charge on any atom is 0.240 e. The first kappa shape index (κ1) is 17.8. The zero-order chi connectivity index (χ0) is 15.7. The molecule has 6 heteroatoms. The molecule has 0 spiro atoms. The molecule has 0 atom stereocenters. The monoisotopic (exact) mass is 314 g/mol. The van der Waals surface area contributed by atoms with E-state index in [2.05, 4.69) is 6.92 Å². The second-order valence-corrected chi connectivity index (χ2v) is 6.74. The fourth-order valence-corrected chi connectivity index (χ4v) is 2.78. The summed E-state index contributed by atoms with van der Waals surface area (Å²) in [6.45, 7) is 2.78. The number of hydrogen-bond donors (Lipinski definition) is 2. The van der Waals surface area contributed by atoms with Crippen molar-refractivity contribution >= 4 is 15.7 Å². The number of hydrogen-bond acceptors (Lipinski definition) is 4. The molecule has 0 fully saturated rings. The number of rotatable bonds is 10. The lowest BCUT2D eigenvalue weighted by atomic mass is 10.1. The highest BCUT2D eigenvalue weighted by atomic mass is 32.2. The molecule has 0 aliphatic carbocycles. The van der Waals surface area contributed by atoms with Gasteiger partial charge in [-0.1, -0.05) is 45.4 Å². The van der Waals surface area contributed by atoms with E-state index in [-0.39, 0.29) is 10.6 Å². The molecule has 0 radical (unpaired) electrons. The van der Waals surface area contributed by atoms with Crippen LogP contribution >= 0.6 is 0 Å². The average molecular weight is 314 g/mol. The minimum atomic E-state index is -3.81. The highest BCUT2D eigenvalue weighted by Crippen LogP contribution is 2.23. The lowest BCUT2D eigenvalue weighted by molar-refractivity contribution is 0.303. The summed E-state index contributed by atoms with van der Waals surface area (Å²) in [7, 11) is -3.81. The van der Waals surface area contributed by atoms with Gasteiger partial charge >= 0.3 is 0 Å². The first-order valence-corrected chi connectivity index (χ1v) is 9.05. The molecule has 0 saturated heterocycles. The number of nitrogens with two attached hydrogens (primary N) is 2. The Labute approximate surface area is 127 Å². The zero-order valence-corrected chi connectivity index (χ0v) is 13.5. The number of sulfonamides is 1. The molecule has 5 nitrogen and oxygen atoms in total. The van der Waals surface area contributed by atoms with Crippen LogP contribution in [0.2, 0.25) is 0 Å². The quantitative estimate of drug-likeness (QED) is 0.512. The van der Waals surface area contributed by atoms with Crippen molar-refractivity contribution in [3.63, 3.8) is 0 Å². The van der Waals surface area contributed by atoms with E-state index in [9.17, 15) is 8.42 Å². The highest BCUT2D eigenvalue weighted by molar-refractivity contribution is 7.89. The molecule has 1 rings (SSSR count). The Morgan fingerprint density at radius 2 is 1.67 bits per heavy atom. The number of unbranched alkanes of at least 4 members (excludes halogenated alkanes) is 6. The molecule has 0 aliphatic rings. The van der Waals surface area contributed by atoms with E-state index in [0.717, 1.165) is 12.8 Å². The van der Waals surface area contributed by atoms with Gasteiger partial charge in [0.25, 0.3) is 0 Å². The summed E-state index contributed by atoms with van der Waals surface area (Å²) in [4.78, 5) is -0.0837. The molecule has 0 amide bonds. The predicted octanol–water partition coefficient (Wildman–Crippen LogP) is 3.05. The summed E-state index contributed by atoms with van der Waals surface area (Å²) >= 11 is 0. The van der Waals surface area contributed by atoms with Crippen LogP contribution in [0.5, 0.6) is 5.75 Å². The lowest BCUT2D eigenvalue weighted by Crippen LogP contribution is -2.14. The minimum absolute atomic E-state index is 0.0837. The van der Waals surface area contributed by atoms with Crippen molar-refractivity contribution in [2.75, 3.05) is 12.3 Å². The molecule has 4 N–H and O–H groups in total. The van der Waals surface area contributed by atoms with Gasteiger partial charge in [0, 0.05) is 6.07 Å². The maximum atomic E-state index is 11.3. The topological polar surface area (TPSA) is 95.4 Å². The zero-order valence-electron chi connectivity index (χ0n) is 12.7. The summed E-state index contributed by atoms with van der Waals surface area (Å²) in [6, 6.07) is 4.54. The number of ether oxygens (including phenoxy) is 1. The van der Waals surface area contributed by atoms with Crippen molar-refractivity contribution < 1.29 is 13.2 Å².